The maximum atomic E-state index is 12.2. The fraction of sp³-hybridized carbons (Fsp3) is 0.400. The average molecular weight is 352 g/mol. The van der Waals surface area contributed by atoms with Gasteiger partial charge in [-0.25, -0.2) is 0 Å². The van der Waals surface area contributed by atoms with E-state index in [0.29, 0.717) is 28.9 Å². The minimum Gasteiger partial charge on any atom is -0.337 e. The molecule has 1 fully saturated rings. The highest BCUT2D eigenvalue weighted by Crippen LogP contribution is 2.30. The van der Waals surface area contributed by atoms with E-state index in [1.807, 2.05) is 38.1 Å². The highest BCUT2D eigenvalue weighted by Gasteiger charge is 2.25. The summed E-state index contributed by atoms with van der Waals surface area (Å²) in [6.45, 7) is 5.82. The van der Waals surface area contributed by atoms with Gasteiger partial charge in [-0.05, 0) is 51.3 Å². The minimum atomic E-state index is -0.235. The molecule has 1 atom stereocenters. The molecular formula is C20H24N4O2. The summed E-state index contributed by atoms with van der Waals surface area (Å²) < 4.78 is 5.33. The van der Waals surface area contributed by atoms with Crippen molar-refractivity contribution >= 4 is 11.5 Å². The van der Waals surface area contributed by atoms with Gasteiger partial charge >= 0.3 is 0 Å². The topological polar surface area (TPSA) is 91.9 Å². The van der Waals surface area contributed by atoms with Crippen LogP contribution in [0.1, 0.15) is 44.2 Å². The summed E-state index contributed by atoms with van der Waals surface area (Å²) in [5, 5.41) is 15.0. The van der Waals surface area contributed by atoms with Crippen LogP contribution >= 0.6 is 0 Å². The van der Waals surface area contributed by atoms with Crippen LogP contribution < -0.4 is 5.32 Å². The molecule has 0 saturated heterocycles. The van der Waals surface area contributed by atoms with Crippen molar-refractivity contribution in [3.63, 3.8) is 0 Å². The van der Waals surface area contributed by atoms with Gasteiger partial charge in [-0.2, -0.15) is 4.98 Å². The molecule has 0 spiro atoms. The Hall–Kier alpha value is -2.60. The summed E-state index contributed by atoms with van der Waals surface area (Å²) in [4.78, 5) is 16.7. The van der Waals surface area contributed by atoms with Crippen LogP contribution in [0.4, 0.5) is 0 Å². The van der Waals surface area contributed by atoms with Gasteiger partial charge in [0.05, 0.1) is 12.6 Å². The van der Waals surface area contributed by atoms with Crippen molar-refractivity contribution in [2.45, 2.75) is 39.7 Å². The second kappa shape index (κ2) is 7.74. The quantitative estimate of drug-likeness (QED) is 0.559. The zero-order valence-corrected chi connectivity index (χ0v) is 15.4. The number of hydrogen-bond acceptors (Lipinski definition) is 6. The summed E-state index contributed by atoms with van der Waals surface area (Å²) in [6.07, 6.45) is 3.81. The first-order valence-electron chi connectivity index (χ1n) is 8.88. The van der Waals surface area contributed by atoms with Crippen molar-refractivity contribution in [2.75, 3.05) is 6.54 Å². The fourth-order valence-electron chi connectivity index (χ4n) is 2.61. The van der Waals surface area contributed by atoms with Gasteiger partial charge in [0.1, 0.15) is 0 Å². The number of hydrogen-bond donors (Lipinski definition) is 2. The molecule has 6 heteroatoms. The van der Waals surface area contributed by atoms with Gasteiger partial charge in [-0.3, -0.25) is 10.1 Å². The first-order valence-corrected chi connectivity index (χ1v) is 8.88. The predicted octanol–water partition coefficient (Wildman–Crippen LogP) is 3.64. The molecule has 1 aromatic carbocycles. The van der Waals surface area contributed by atoms with Crippen LogP contribution in [-0.2, 0) is 4.79 Å². The molecule has 26 heavy (non-hydrogen) atoms. The third-order valence-electron chi connectivity index (χ3n) is 4.49. The molecule has 136 valence electrons. The number of carbonyl (C=O) groups is 1. The molecule has 0 amide bonds. The Balaban J connectivity index is 1.57. The van der Waals surface area contributed by atoms with Crippen LogP contribution in [0.2, 0.25) is 0 Å². The Labute approximate surface area is 153 Å². The van der Waals surface area contributed by atoms with Crippen LogP contribution in [0, 0.1) is 18.3 Å². The van der Waals surface area contributed by atoms with Crippen LogP contribution in [-0.4, -0.2) is 28.2 Å². The van der Waals surface area contributed by atoms with Crippen molar-refractivity contribution in [3.05, 3.63) is 47.4 Å². The lowest BCUT2D eigenvalue weighted by atomic mass is 10.1. The molecule has 2 N–H and O–H groups in total. The first-order chi connectivity index (χ1) is 12.4. The molecule has 1 heterocycles. The average Bonchev–Trinajstić information content (AvgIpc) is 3.36. The number of rotatable bonds is 8. The maximum Gasteiger partial charge on any atom is 0.243 e. The molecule has 6 nitrogen and oxygen atoms in total. The highest BCUT2D eigenvalue weighted by atomic mass is 16.5. The van der Waals surface area contributed by atoms with E-state index in [2.05, 4.69) is 15.5 Å². The molecule has 0 aliphatic heterocycles. The Morgan fingerprint density at radius 1 is 1.46 bits per heavy atom. The number of aryl methyl sites for hydroxylation is 1. The summed E-state index contributed by atoms with van der Waals surface area (Å²) >= 11 is 0. The molecule has 1 aromatic heterocycles. The number of allylic oxidation sites excluding steroid dienone is 1. The van der Waals surface area contributed by atoms with E-state index >= 15 is 0 Å². The molecule has 1 aliphatic rings. The molecule has 0 radical (unpaired) electrons. The lowest BCUT2D eigenvalue weighted by Crippen LogP contribution is -2.26. The predicted molar refractivity (Wildman–Crippen MR) is 100 cm³/mol. The van der Waals surface area contributed by atoms with Gasteiger partial charge in [-0.1, -0.05) is 28.9 Å². The van der Waals surface area contributed by atoms with Crippen LogP contribution in [0.25, 0.3) is 11.4 Å². The molecule has 2 aromatic rings. The van der Waals surface area contributed by atoms with Crippen LogP contribution in [0.15, 0.2) is 40.4 Å². The van der Waals surface area contributed by atoms with Gasteiger partial charge in [-0.15, -0.1) is 0 Å². The second-order valence-electron chi connectivity index (χ2n) is 6.91. The van der Waals surface area contributed by atoms with Gasteiger partial charge in [0, 0.05) is 17.2 Å². The standard InChI is InChI=1S/C20H24N4O2/c1-12-5-4-6-16(9-12)19-23-20(26-24-19)14(3)22-11-18(25)13(2)10-17(21)15-7-8-15/h4-6,9-10,14-15,21-22H,7-8,11H2,1-3H3/b13-10+,21-17?/t14-/m1/s1. The van der Waals surface area contributed by atoms with Crippen LogP contribution in [0.3, 0.4) is 0 Å². The third-order valence-corrected chi connectivity index (χ3v) is 4.49. The molecule has 0 unspecified atom stereocenters. The smallest absolute Gasteiger partial charge is 0.243 e. The normalized spacial score (nSPS) is 15.7. The van der Waals surface area contributed by atoms with Gasteiger partial charge in [0.15, 0.2) is 5.78 Å². The first kappa shape index (κ1) is 18.2. The van der Waals surface area contributed by atoms with E-state index in [0.717, 1.165) is 24.0 Å². The molecule has 1 aliphatic carbocycles. The van der Waals surface area contributed by atoms with Crippen LogP contribution in [0.5, 0.6) is 0 Å². The summed E-state index contributed by atoms with van der Waals surface area (Å²) in [7, 11) is 0. The van der Waals surface area contributed by atoms with E-state index in [4.69, 9.17) is 9.93 Å². The Morgan fingerprint density at radius 3 is 2.92 bits per heavy atom. The Bertz CT molecular complexity index is 849. The van der Waals surface area contributed by atoms with E-state index in [1.54, 1.807) is 13.0 Å². The van der Waals surface area contributed by atoms with E-state index in [1.165, 1.54) is 0 Å². The lowest BCUT2D eigenvalue weighted by molar-refractivity contribution is -0.114. The van der Waals surface area contributed by atoms with Crippen molar-refractivity contribution in [3.8, 4) is 11.4 Å². The largest absolute Gasteiger partial charge is 0.337 e. The maximum absolute atomic E-state index is 12.2. The van der Waals surface area contributed by atoms with Crippen molar-refractivity contribution in [1.82, 2.24) is 15.5 Å². The van der Waals surface area contributed by atoms with Crippen molar-refractivity contribution in [1.29, 1.82) is 5.41 Å². The van der Waals surface area contributed by atoms with Crippen molar-refractivity contribution in [2.24, 2.45) is 5.92 Å². The minimum absolute atomic E-state index is 0.0272. The summed E-state index contributed by atoms with van der Waals surface area (Å²) in [6, 6.07) is 7.67. The summed E-state index contributed by atoms with van der Waals surface area (Å²) in [5.41, 5.74) is 3.20. The number of benzene rings is 1. The van der Waals surface area contributed by atoms with Gasteiger partial charge in [0.25, 0.3) is 0 Å². The lowest BCUT2D eigenvalue weighted by Gasteiger charge is -2.09. The van der Waals surface area contributed by atoms with Gasteiger partial charge in [0.2, 0.25) is 11.7 Å². The van der Waals surface area contributed by atoms with E-state index in [9.17, 15) is 4.79 Å². The highest BCUT2D eigenvalue weighted by molar-refractivity contribution is 6.05. The molecule has 0 bridgehead atoms. The van der Waals surface area contributed by atoms with E-state index < -0.39 is 0 Å². The number of nitrogens with one attached hydrogen (secondary N) is 2. The Kier molecular flexibility index (Phi) is 5.42. The Morgan fingerprint density at radius 2 is 2.23 bits per heavy atom. The number of nitrogens with zero attached hydrogens (tertiary/aromatic N) is 2. The zero-order valence-electron chi connectivity index (χ0n) is 15.4. The molecular weight excluding hydrogens is 328 g/mol. The fourth-order valence-corrected chi connectivity index (χ4v) is 2.61. The third kappa shape index (κ3) is 4.52. The summed E-state index contributed by atoms with van der Waals surface area (Å²) in [5.74, 6) is 1.31. The van der Waals surface area contributed by atoms with Gasteiger partial charge < -0.3 is 9.93 Å². The number of aromatic nitrogens is 2. The van der Waals surface area contributed by atoms with E-state index in [-0.39, 0.29) is 18.4 Å². The SMILES string of the molecule is C/C(=C\C(=N)C1CC1)C(=O)CN[C@H](C)c1nc(-c2cccc(C)c2)no1. The number of Topliss-reactive ketones (excluding diaryl/α,β-unsaturated/α-hetero) is 1. The molecule has 1 saturated carbocycles. The number of ketones is 1. The number of carbonyl (C=O) groups excluding carboxylic acids is 1. The molecule has 3 rings (SSSR count). The zero-order chi connectivity index (χ0) is 18.7. The van der Waals surface area contributed by atoms with Crippen molar-refractivity contribution < 1.29 is 9.32 Å². The monoisotopic (exact) mass is 352 g/mol. The second-order valence-corrected chi connectivity index (χ2v) is 6.91.